The Morgan fingerprint density at radius 1 is 0.500 bits per heavy atom. The van der Waals surface area contributed by atoms with Gasteiger partial charge in [-0.05, 0) is 41.3 Å². The van der Waals surface area contributed by atoms with Crippen LogP contribution in [0.15, 0.2) is 91.0 Å². The van der Waals surface area contributed by atoms with E-state index < -0.39 is 0 Å². The third kappa shape index (κ3) is 2.61. The van der Waals surface area contributed by atoms with Crippen LogP contribution in [0.4, 0.5) is 0 Å². The first kappa shape index (κ1) is 15.4. The first-order valence-corrected chi connectivity index (χ1v) is 9.68. The summed E-state index contributed by atoms with van der Waals surface area (Å²) in [4.78, 5) is 0. The van der Waals surface area contributed by atoms with E-state index in [-0.39, 0.29) is 0 Å². The van der Waals surface area contributed by atoms with Crippen molar-refractivity contribution in [2.24, 2.45) is 0 Å². The van der Waals surface area contributed by atoms with Gasteiger partial charge in [-0.1, -0.05) is 84.4 Å². The molecule has 0 N–H and O–H groups in total. The molecule has 0 saturated heterocycles. The van der Waals surface area contributed by atoms with Crippen LogP contribution in [0.2, 0.25) is 0 Å². The Hall–Kier alpha value is -2.90. The Morgan fingerprint density at radius 3 is 1.77 bits per heavy atom. The van der Waals surface area contributed by atoms with Gasteiger partial charge in [0.15, 0.2) is 0 Å². The van der Waals surface area contributed by atoms with Gasteiger partial charge in [-0.15, -0.1) is 11.3 Å². The number of aryl methyl sites for hydroxylation is 1. The molecule has 0 fully saturated rings. The van der Waals surface area contributed by atoms with E-state index in [2.05, 4.69) is 97.9 Å². The third-order valence-electron chi connectivity index (χ3n) is 4.98. The topological polar surface area (TPSA) is 0 Å². The summed E-state index contributed by atoms with van der Waals surface area (Å²) >= 11 is 1.87. The average molecular weight is 350 g/mol. The fourth-order valence-corrected chi connectivity index (χ4v) is 4.65. The van der Waals surface area contributed by atoms with Crippen LogP contribution in [0.1, 0.15) is 5.56 Å². The molecule has 0 radical (unpaired) electrons. The maximum Gasteiger partial charge on any atom is 0.0361 e. The normalized spacial score (nSPS) is 11.3. The van der Waals surface area contributed by atoms with Crippen LogP contribution < -0.4 is 0 Å². The van der Waals surface area contributed by atoms with Crippen molar-refractivity contribution in [3.63, 3.8) is 0 Å². The van der Waals surface area contributed by atoms with Gasteiger partial charge in [0.1, 0.15) is 0 Å². The molecule has 1 heterocycles. The SMILES string of the molecule is Cc1ccc(-c2ccc(-c3ccc4c(c3)sc3ccccc34)cc2)cc1. The lowest BCUT2D eigenvalue weighted by atomic mass is 9.99. The quantitative estimate of drug-likeness (QED) is 0.306. The van der Waals surface area contributed by atoms with E-state index in [4.69, 9.17) is 0 Å². The van der Waals surface area contributed by atoms with Crippen molar-refractivity contribution in [2.45, 2.75) is 6.92 Å². The zero-order valence-corrected chi connectivity index (χ0v) is 15.4. The minimum atomic E-state index is 1.26. The van der Waals surface area contributed by atoms with Gasteiger partial charge in [-0.2, -0.15) is 0 Å². The van der Waals surface area contributed by atoms with E-state index in [1.54, 1.807) is 0 Å². The Bertz CT molecular complexity index is 1210. The highest BCUT2D eigenvalue weighted by molar-refractivity contribution is 7.25. The van der Waals surface area contributed by atoms with Crippen molar-refractivity contribution in [2.75, 3.05) is 0 Å². The zero-order valence-electron chi connectivity index (χ0n) is 14.6. The molecular formula is C25H18S. The molecule has 0 amide bonds. The van der Waals surface area contributed by atoms with Gasteiger partial charge < -0.3 is 0 Å². The lowest BCUT2D eigenvalue weighted by molar-refractivity contribution is 1.47. The fourth-order valence-electron chi connectivity index (χ4n) is 3.51. The largest absolute Gasteiger partial charge is 0.135 e. The number of fused-ring (bicyclic) bond motifs is 3. The van der Waals surface area contributed by atoms with Crippen LogP contribution in [0, 0.1) is 6.92 Å². The Morgan fingerprint density at radius 2 is 1.04 bits per heavy atom. The summed E-state index contributed by atoms with van der Waals surface area (Å²) in [5.41, 5.74) is 6.36. The summed E-state index contributed by atoms with van der Waals surface area (Å²) in [7, 11) is 0. The summed E-state index contributed by atoms with van der Waals surface area (Å²) in [6.07, 6.45) is 0. The van der Waals surface area contributed by atoms with Crippen molar-refractivity contribution < 1.29 is 0 Å². The molecule has 124 valence electrons. The minimum absolute atomic E-state index is 1.26. The summed E-state index contributed by atoms with van der Waals surface area (Å²) < 4.78 is 2.71. The highest BCUT2D eigenvalue weighted by Crippen LogP contribution is 2.36. The first-order valence-electron chi connectivity index (χ1n) is 8.87. The second-order valence-corrected chi connectivity index (χ2v) is 7.84. The van der Waals surface area contributed by atoms with E-state index >= 15 is 0 Å². The third-order valence-corrected chi connectivity index (χ3v) is 6.12. The maximum atomic E-state index is 2.32. The predicted octanol–water partition coefficient (Wildman–Crippen LogP) is 7.70. The molecule has 0 aliphatic carbocycles. The molecule has 1 heteroatoms. The van der Waals surface area contributed by atoms with E-state index in [9.17, 15) is 0 Å². The van der Waals surface area contributed by atoms with Crippen molar-refractivity contribution in [1.29, 1.82) is 0 Å². The standard InChI is InChI=1S/C25H18S/c1-17-6-8-18(9-7-17)19-10-12-20(13-11-19)21-14-15-23-22-4-2-3-5-24(22)26-25(23)16-21/h2-16H,1H3. The van der Waals surface area contributed by atoms with Crippen molar-refractivity contribution in [3.8, 4) is 22.3 Å². The van der Waals surface area contributed by atoms with Crippen LogP contribution in [0.5, 0.6) is 0 Å². The lowest BCUT2D eigenvalue weighted by Crippen LogP contribution is -1.81. The van der Waals surface area contributed by atoms with Crippen LogP contribution in [-0.4, -0.2) is 0 Å². The molecular weight excluding hydrogens is 332 g/mol. The fraction of sp³-hybridized carbons (Fsp3) is 0.0400. The van der Waals surface area contributed by atoms with Gasteiger partial charge in [-0.3, -0.25) is 0 Å². The second kappa shape index (κ2) is 6.12. The van der Waals surface area contributed by atoms with E-state index in [0.29, 0.717) is 0 Å². The molecule has 1 aromatic heterocycles. The Kier molecular flexibility index (Phi) is 3.62. The van der Waals surface area contributed by atoms with Gasteiger partial charge in [0, 0.05) is 20.2 Å². The molecule has 0 atom stereocenters. The van der Waals surface area contributed by atoms with Crippen molar-refractivity contribution in [3.05, 3.63) is 96.6 Å². The van der Waals surface area contributed by atoms with Crippen LogP contribution in [0.25, 0.3) is 42.4 Å². The highest BCUT2D eigenvalue weighted by atomic mass is 32.1. The van der Waals surface area contributed by atoms with E-state index in [1.807, 2.05) is 11.3 Å². The summed E-state index contributed by atoms with van der Waals surface area (Å²) in [5.74, 6) is 0. The van der Waals surface area contributed by atoms with Crippen LogP contribution in [-0.2, 0) is 0 Å². The summed E-state index contributed by atoms with van der Waals surface area (Å²) in [5, 5.41) is 2.71. The molecule has 5 aromatic rings. The van der Waals surface area contributed by atoms with Gasteiger partial charge in [0.05, 0.1) is 0 Å². The molecule has 26 heavy (non-hydrogen) atoms. The van der Waals surface area contributed by atoms with E-state index in [1.165, 1.54) is 48.0 Å². The zero-order chi connectivity index (χ0) is 17.5. The molecule has 0 aliphatic heterocycles. The molecule has 0 saturated carbocycles. The van der Waals surface area contributed by atoms with E-state index in [0.717, 1.165) is 0 Å². The van der Waals surface area contributed by atoms with Gasteiger partial charge in [0.25, 0.3) is 0 Å². The summed E-state index contributed by atoms with van der Waals surface area (Å²) in [6.45, 7) is 2.12. The highest BCUT2D eigenvalue weighted by Gasteiger charge is 2.06. The maximum absolute atomic E-state index is 2.32. The van der Waals surface area contributed by atoms with Gasteiger partial charge >= 0.3 is 0 Å². The van der Waals surface area contributed by atoms with Crippen molar-refractivity contribution >= 4 is 31.5 Å². The predicted molar refractivity (Wildman–Crippen MR) is 115 cm³/mol. The molecule has 0 unspecified atom stereocenters. The van der Waals surface area contributed by atoms with Gasteiger partial charge in [0.2, 0.25) is 0 Å². The number of benzene rings is 4. The van der Waals surface area contributed by atoms with Gasteiger partial charge in [-0.25, -0.2) is 0 Å². The number of hydrogen-bond donors (Lipinski definition) is 0. The molecule has 0 nitrogen and oxygen atoms in total. The molecule has 4 aromatic carbocycles. The minimum Gasteiger partial charge on any atom is -0.135 e. The smallest absolute Gasteiger partial charge is 0.0361 e. The molecule has 0 aliphatic rings. The average Bonchev–Trinajstić information content (AvgIpc) is 3.06. The number of thiophene rings is 1. The monoisotopic (exact) mass is 350 g/mol. The lowest BCUT2D eigenvalue weighted by Gasteiger charge is -2.06. The molecule has 5 rings (SSSR count). The Labute approximate surface area is 157 Å². The number of rotatable bonds is 2. The first-order chi connectivity index (χ1) is 12.8. The summed E-state index contributed by atoms with van der Waals surface area (Å²) in [6, 6.07) is 33.1. The molecule has 0 bridgehead atoms. The number of hydrogen-bond acceptors (Lipinski definition) is 1. The Balaban J connectivity index is 1.54. The second-order valence-electron chi connectivity index (χ2n) is 6.75. The van der Waals surface area contributed by atoms with Crippen LogP contribution >= 0.6 is 11.3 Å². The van der Waals surface area contributed by atoms with Crippen molar-refractivity contribution in [1.82, 2.24) is 0 Å². The molecule has 0 spiro atoms. The van der Waals surface area contributed by atoms with Crippen LogP contribution in [0.3, 0.4) is 0 Å².